The maximum absolute atomic E-state index is 12.4. The summed E-state index contributed by atoms with van der Waals surface area (Å²) in [6, 6.07) is 5.27. The van der Waals surface area contributed by atoms with E-state index in [0.717, 1.165) is 24.9 Å². The second-order valence-corrected chi connectivity index (χ2v) is 7.34. The fourth-order valence-electron chi connectivity index (χ4n) is 2.59. The van der Waals surface area contributed by atoms with E-state index in [1.54, 1.807) is 12.1 Å². The number of benzene rings is 1. The van der Waals surface area contributed by atoms with Gasteiger partial charge in [-0.05, 0) is 43.0 Å². The minimum Gasteiger partial charge on any atom is -0.495 e. The molecule has 2 rings (SSSR count). The van der Waals surface area contributed by atoms with Gasteiger partial charge in [-0.15, -0.1) is 0 Å². The quantitative estimate of drug-likeness (QED) is 0.807. The van der Waals surface area contributed by atoms with Crippen molar-refractivity contribution in [2.24, 2.45) is 5.92 Å². The normalized spacial score (nSPS) is 21.9. The lowest BCUT2D eigenvalue weighted by atomic mass is 9.83. The maximum Gasteiger partial charge on any atom is 0.244 e. The standard InChI is InChI=1S/C15H24N2O3S/c1-4-16-10-12-5-6-15(14(9-12)20-3)21(18,19)17-13-7-11(2)8-13/h5-6,9,11,13,16-17H,4,7-8,10H2,1-3H3. The first-order valence-corrected chi connectivity index (χ1v) is 8.84. The van der Waals surface area contributed by atoms with Gasteiger partial charge in [-0.25, -0.2) is 13.1 Å². The molecule has 2 N–H and O–H groups in total. The van der Waals surface area contributed by atoms with E-state index in [2.05, 4.69) is 17.0 Å². The van der Waals surface area contributed by atoms with Crippen LogP contribution in [0.5, 0.6) is 5.75 Å². The van der Waals surface area contributed by atoms with E-state index < -0.39 is 10.0 Å². The third-order valence-electron chi connectivity index (χ3n) is 3.79. The molecule has 5 nitrogen and oxygen atoms in total. The van der Waals surface area contributed by atoms with Gasteiger partial charge in [0.1, 0.15) is 10.6 Å². The largest absolute Gasteiger partial charge is 0.495 e. The van der Waals surface area contributed by atoms with Gasteiger partial charge >= 0.3 is 0 Å². The average molecular weight is 312 g/mol. The van der Waals surface area contributed by atoms with E-state index in [0.29, 0.717) is 18.2 Å². The van der Waals surface area contributed by atoms with Gasteiger partial charge in [-0.2, -0.15) is 0 Å². The molecular formula is C15H24N2O3S. The molecule has 1 aliphatic rings. The van der Waals surface area contributed by atoms with Gasteiger partial charge in [-0.3, -0.25) is 0 Å². The molecule has 0 bridgehead atoms. The number of ether oxygens (including phenoxy) is 1. The van der Waals surface area contributed by atoms with Crippen molar-refractivity contribution >= 4 is 10.0 Å². The van der Waals surface area contributed by atoms with Crippen LogP contribution in [0.4, 0.5) is 0 Å². The molecule has 0 aliphatic heterocycles. The number of sulfonamides is 1. The van der Waals surface area contributed by atoms with Crippen LogP contribution in [0, 0.1) is 5.92 Å². The van der Waals surface area contributed by atoms with Gasteiger partial charge in [0.25, 0.3) is 0 Å². The van der Waals surface area contributed by atoms with Crippen LogP contribution in [0.2, 0.25) is 0 Å². The second-order valence-electron chi connectivity index (χ2n) is 5.66. The summed E-state index contributed by atoms with van der Waals surface area (Å²) in [5, 5.41) is 3.21. The van der Waals surface area contributed by atoms with Crippen LogP contribution in [0.25, 0.3) is 0 Å². The van der Waals surface area contributed by atoms with Crippen molar-refractivity contribution in [2.75, 3.05) is 13.7 Å². The molecule has 1 aliphatic carbocycles. The number of methoxy groups -OCH3 is 1. The SMILES string of the molecule is CCNCc1ccc(S(=O)(=O)NC2CC(C)C2)c(OC)c1. The lowest BCUT2D eigenvalue weighted by molar-refractivity contribution is 0.270. The number of hydrogen-bond donors (Lipinski definition) is 2. The summed E-state index contributed by atoms with van der Waals surface area (Å²) >= 11 is 0. The highest BCUT2D eigenvalue weighted by Gasteiger charge is 2.31. The van der Waals surface area contributed by atoms with Crippen molar-refractivity contribution in [3.63, 3.8) is 0 Å². The topological polar surface area (TPSA) is 67.4 Å². The van der Waals surface area contributed by atoms with E-state index in [1.807, 2.05) is 13.0 Å². The highest BCUT2D eigenvalue weighted by Crippen LogP contribution is 2.30. The van der Waals surface area contributed by atoms with Crippen LogP contribution in [-0.4, -0.2) is 28.1 Å². The van der Waals surface area contributed by atoms with Gasteiger partial charge in [-0.1, -0.05) is 19.9 Å². The van der Waals surface area contributed by atoms with E-state index >= 15 is 0 Å². The monoisotopic (exact) mass is 312 g/mol. The molecule has 0 spiro atoms. The summed E-state index contributed by atoms with van der Waals surface area (Å²) in [7, 11) is -2.02. The minimum atomic E-state index is -3.52. The third-order valence-corrected chi connectivity index (χ3v) is 5.35. The molecule has 1 aromatic rings. The molecule has 0 heterocycles. The van der Waals surface area contributed by atoms with Crippen LogP contribution in [0.1, 0.15) is 32.3 Å². The summed E-state index contributed by atoms with van der Waals surface area (Å²) < 4.78 is 32.9. The van der Waals surface area contributed by atoms with Gasteiger partial charge in [0.2, 0.25) is 10.0 Å². The van der Waals surface area contributed by atoms with E-state index in [-0.39, 0.29) is 10.9 Å². The predicted octanol–water partition coefficient (Wildman–Crippen LogP) is 1.88. The Labute approximate surface area is 127 Å². The smallest absolute Gasteiger partial charge is 0.244 e. The molecule has 1 aromatic carbocycles. The Morgan fingerprint density at radius 3 is 2.62 bits per heavy atom. The highest BCUT2D eigenvalue weighted by atomic mass is 32.2. The number of rotatable bonds is 7. The molecule has 0 radical (unpaired) electrons. The van der Waals surface area contributed by atoms with Crippen molar-refractivity contribution in [3.8, 4) is 5.75 Å². The lowest BCUT2D eigenvalue weighted by Gasteiger charge is -2.33. The molecular weight excluding hydrogens is 288 g/mol. The summed E-state index contributed by atoms with van der Waals surface area (Å²) in [5.74, 6) is 0.993. The number of hydrogen-bond acceptors (Lipinski definition) is 4. The summed E-state index contributed by atoms with van der Waals surface area (Å²) in [5.41, 5.74) is 1.00. The van der Waals surface area contributed by atoms with Crippen LogP contribution < -0.4 is 14.8 Å². The lowest BCUT2D eigenvalue weighted by Crippen LogP contribution is -2.43. The summed E-state index contributed by atoms with van der Waals surface area (Å²) in [6.07, 6.45) is 1.81. The Kier molecular flexibility index (Phi) is 5.24. The Hall–Kier alpha value is -1.11. The van der Waals surface area contributed by atoms with Crippen LogP contribution in [-0.2, 0) is 16.6 Å². The molecule has 0 unspecified atom stereocenters. The molecule has 6 heteroatoms. The highest BCUT2D eigenvalue weighted by molar-refractivity contribution is 7.89. The van der Waals surface area contributed by atoms with Gasteiger partial charge in [0.05, 0.1) is 7.11 Å². The Balaban J connectivity index is 2.17. The first-order chi connectivity index (χ1) is 9.96. The van der Waals surface area contributed by atoms with Crippen molar-refractivity contribution in [1.82, 2.24) is 10.0 Å². The van der Waals surface area contributed by atoms with E-state index in [9.17, 15) is 8.42 Å². The second kappa shape index (κ2) is 6.77. The van der Waals surface area contributed by atoms with Crippen molar-refractivity contribution in [2.45, 2.75) is 44.2 Å². The fraction of sp³-hybridized carbons (Fsp3) is 0.600. The summed E-state index contributed by atoms with van der Waals surface area (Å²) in [6.45, 7) is 5.71. The van der Waals surface area contributed by atoms with Crippen LogP contribution in [0.3, 0.4) is 0 Å². The van der Waals surface area contributed by atoms with Gasteiger partial charge < -0.3 is 10.1 Å². The van der Waals surface area contributed by atoms with Crippen molar-refractivity contribution < 1.29 is 13.2 Å². The van der Waals surface area contributed by atoms with Crippen molar-refractivity contribution in [1.29, 1.82) is 0 Å². The molecule has 21 heavy (non-hydrogen) atoms. The zero-order valence-electron chi connectivity index (χ0n) is 12.8. The molecule has 0 aromatic heterocycles. The minimum absolute atomic E-state index is 0.0520. The first kappa shape index (κ1) is 16.3. The molecule has 1 fully saturated rings. The average Bonchev–Trinajstić information content (AvgIpc) is 2.42. The predicted molar refractivity (Wildman–Crippen MR) is 82.9 cm³/mol. The molecule has 118 valence electrons. The van der Waals surface area contributed by atoms with Crippen LogP contribution in [0.15, 0.2) is 23.1 Å². The third kappa shape index (κ3) is 3.96. The fourth-order valence-corrected chi connectivity index (χ4v) is 4.01. The molecule has 0 saturated heterocycles. The maximum atomic E-state index is 12.4. The molecule has 0 atom stereocenters. The zero-order chi connectivity index (χ0) is 15.5. The molecule has 0 amide bonds. The Morgan fingerprint density at radius 2 is 2.05 bits per heavy atom. The van der Waals surface area contributed by atoms with Crippen molar-refractivity contribution in [3.05, 3.63) is 23.8 Å². The van der Waals surface area contributed by atoms with E-state index in [4.69, 9.17) is 4.74 Å². The summed E-state index contributed by atoms with van der Waals surface area (Å²) in [4.78, 5) is 0.213. The van der Waals surface area contributed by atoms with Gasteiger partial charge in [0.15, 0.2) is 0 Å². The van der Waals surface area contributed by atoms with E-state index in [1.165, 1.54) is 7.11 Å². The first-order valence-electron chi connectivity index (χ1n) is 7.36. The van der Waals surface area contributed by atoms with Crippen LogP contribution >= 0.6 is 0 Å². The zero-order valence-corrected chi connectivity index (χ0v) is 13.7. The Bertz CT molecular complexity index is 581. The Morgan fingerprint density at radius 1 is 1.33 bits per heavy atom. The number of nitrogens with one attached hydrogen (secondary N) is 2. The van der Waals surface area contributed by atoms with Gasteiger partial charge in [0, 0.05) is 12.6 Å². The molecule has 1 saturated carbocycles.